The quantitative estimate of drug-likeness (QED) is 0.529. The molecule has 0 heterocycles. The first-order valence-electron chi connectivity index (χ1n) is 4.89. The van der Waals surface area contributed by atoms with Crippen molar-refractivity contribution in [2.24, 2.45) is 0 Å². The highest BCUT2D eigenvalue weighted by Crippen LogP contribution is 2.32. The summed E-state index contributed by atoms with van der Waals surface area (Å²) in [6.07, 6.45) is 3.34. The van der Waals surface area contributed by atoms with Gasteiger partial charge in [0.05, 0.1) is 21.1 Å². The number of rotatable bonds is 1. The van der Waals surface area contributed by atoms with E-state index in [-0.39, 0.29) is 0 Å². The van der Waals surface area contributed by atoms with E-state index in [9.17, 15) is 0 Å². The molecule has 2 N–H and O–H groups in total. The normalized spacial score (nSPS) is 15.2. The van der Waals surface area contributed by atoms with Crippen LogP contribution >= 0.6 is 0 Å². The molecule has 0 spiro atoms. The molecule has 0 fully saturated rings. The fourth-order valence-electron chi connectivity index (χ4n) is 1.96. The van der Waals surface area contributed by atoms with E-state index < -0.39 is 0 Å². The van der Waals surface area contributed by atoms with Crippen molar-refractivity contribution in [1.82, 2.24) is 0 Å². The zero-order valence-corrected chi connectivity index (χ0v) is 9.04. The molecule has 1 aromatic carbocycles. The van der Waals surface area contributed by atoms with Crippen LogP contribution in [0.15, 0.2) is 24.3 Å². The molecule has 14 heavy (non-hydrogen) atoms. The summed E-state index contributed by atoms with van der Waals surface area (Å²) in [4.78, 5) is 0. The summed E-state index contributed by atoms with van der Waals surface area (Å²) in [5.41, 5.74) is 10.7. The summed E-state index contributed by atoms with van der Waals surface area (Å²) < 4.78 is 0.858. The van der Waals surface area contributed by atoms with Gasteiger partial charge in [0.15, 0.2) is 0 Å². The van der Waals surface area contributed by atoms with Gasteiger partial charge in [-0.2, -0.15) is 0 Å². The van der Waals surface area contributed by atoms with Crippen molar-refractivity contribution in [2.45, 2.75) is 6.42 Å². The molecule has 2 heteroatoms. The van der Waals surface area contributed by atoms with Crippen LogP contribution in [-0.2, 0) is 6.42 Å². The van der Waals surface area contributed by atoms with Gasteiger partial charge in [0.2, 0.25) is 0 Å². The Balaban J connectivity index is 2.51. The maximum atomic E-state index is 5.80. The molecule has 0 saturated carbocycles. The van der Waals surface area contributed by atoms with Gasteiger partial charge in [-0.05, 0) is 30.2 Å². The summed E-state index contributed by atoms with van der Waals surface area (Å²) in [5, 5.41) is 0. The molecular formula is C12H17N2+. The summed E-state index contributed by atoms with van der Waals surface area (Å²) in [7, 11) is 6.55. The monoisotopic (exact) mass is 189 g/mol. The van der Waals surface area contributed by atoms with Crippen LogP contribution in [0.3, 0.4) is 0 Å². The number of allylic oxidation sites excluding steroid dienone is 1. The van der Waals surface area contributed by atoms with Crippen molar-refractivity contribution in [2.75, 3.05) is 26.9 Å². The van der Waals surface area contributed by atoms with E-state index in [0.29, 0.717) is 0 Å². The number of nitrogens with zero attached hydrogens (tertiary/aromatic N) is 1. The standard InChI is InChI=1S/C12H17N2/c1-14(2,3)12-7-5-9-4-6-10(13)8-11(9)12/h4,6-8H,5,13H2,1-3H3/q+1. The molecule has 0 aromatic heterocycles. The van der Waals surface area contributed by atoms with E-state index in [4.69, 9.17) is 5.73 Å². The van der Waals surface area contributed by atoms with Crippen LogP contribution in [0.5, 0.6) is 0 Å². The Morgan fingerprint density at radius 3 is 2.57 bits per heavy atom. The van der Waals surface area contributed by atoms with Crippen LogP contribution in [0.25, 0.3) is 5.70 Å². The van der Waals surface area contributed by atoms with E-state index >= 15 is 0 Å². The Morgan fingerprint density at radius 2 is 1.93 bits per heavy atom. The molecule has 74 valence electrons. The molecule has 0 bridgehead atoms. The van der Waals surface area contributed by atoms with Crippen LogP contribution in [0.1, 0.15) is 11.1 Å². The number of fused-ring (bicyclic) bond motifs is 1. The maximum absolute atomic E-state index is 5.80. The number of benzene rings is 1. The van der Waals surface area contributed by atoms with Gasteiger partial charge in [-0.1, -0.05) is 6.07 Å². The van der Waals surface area contributed by atoms with Crippen molar-refractivity contribution in [3.8, 4) is 0 Å². The number of anilines is 1. The zero-order valence-electron chi connectivity index (χ0n) is 9.04. The van der Waals surface area contributed by atoms with Gasteiger partial charge in [0.25, 0.3) is 0 Å². The minimum Gasteiger partial charge on any atom is -0.399 e. The van der Waals surface area contributed by atoms with E-state index in [0.717, 1.165) is 16.6 Å². The van der Waals surface area contributed by atoms with Gasteiger partial charge in [-0.25, -0.2) is 0 Å². The molecule has 2 nitrogen and oxygen atoms in total. The molecule has 1 aromatic rings. The second-order valence-corrected chi connectivity index (χ2v) is 4.72. The van der Waals surface area contributed by atoms with Gasteiger partial charge < -0.3 is 5.73 Å². The lowest BCUT2D eigenvalue weighted by Gasteiger charge is -2.25. The molecule has 0 atom stereocenters. The number of nitrogens with two attached hydrogens (primary N) is 1. The zero-order chi connectivity index (χ0) is 10.3. The highest BCUT2D eigenvalue weighted by molar-refractivity contribution is 5.70. The predicted molar refractivity (Wildman–Crippen MR) is 60.6 cm³/mol. The Bertz CT molecular complexity index is 397. The van der Waals surface area contributed by atoms with Gasteiger partial charge >= 0.3 is 0 Å². The fraction of sp³-hybridized carbons (Fsp3) is 0.333. The van der Waals surface area contributed by atoms with Crippen LogP contribution < -0.4 is 5.73 Å². The SMILES string of the molecule is C[N+](C)(C)C1=CCc2ccc(N)cc21. The van der Waals surface area contributed by atoms with Gasteiger partial charge in [0, 0.05) is 11.3 Å². The first kappa shape index (κ1) is 9.28. The second kappa shape index (κ2) is 2.85. The lowest BCUT2D eigenvalue weighted by Crippen LogP contribution is -2.31. The first-order chi connectivity index (χ1) is 6.48. The molecule has 2 rings (SSSR count). The highest BCUT2D eigenvalue weighted by atomic mass is 15.3. The van der Waals surface area contributed by atoms with E-state index in [1.165, 1.54) is 16.8 Å². The maximum Gasteiger partial charge on any atom is 0.136 e. The fourth-order valence-corrected chi connectivity index (χ4v) is 1.96. The Kier molecular flexibility index (Phi) is 1.89. The summed E-state index contributed by atoms with van der Waals surface area (Å²) in [6, 6.07) is 6.19. The minimum absolute atomic E-state index is 0.852. The van der Waals surface area contributed by atoms with E-state index in [1.807, 2.05) is 6.07 Å². The summed E-state index contributed by atoms with van der Waals surface area (Å²) in [5.74, 6) is 0. The predicted octanol–water partition coefficient (Wildman–Crippen LogP) is 1.87. The largest absolute Gasteiger partial charge is 0.399 e. The molecule has 1 aliphatic rings. The van der Waals surface area contributed by atoms with Crippen LogP contribution in [0.4, 0.5) is 5.69 Å². The molecular weight excluding hydrogens is 172 g/mol. The van der Waals surface area contributed by atoms with Crippen molar-refractivity contribution in [3.05, 3.63) is 35.4 Å². The van der Waals surface area contributed by atoms with Crippen molar-refractivity contribution in [3.63, 3.8) is 0 Å². The molecule has 0 amide bonds. The molecule has 1 aliphatic carbocycles. The first-order valence-corrected chi connectivity index (χ1v) is 4.89. The average Bonchev–Trinajstić information content (AvgIpc) is 2.45. The summed E-state index contributed by atoms with van der Waals surface area (Å²) in [6.45, 7) is 0. The minimum atomic E-state index is 0.852. The Morgan fingerprint density at radius 1 is 1.21 bits per heavy atom. The third-order valence-corrected chi connectivity index (χ3v) is 2.65. The lowest BCUT2D eigenvalue weighted by atomic mass is 10.1. The third-order valence-electron chi connectivity index (χ3n) is 2.65. The summed E-state index contributed by atoms with van der Waals surface area (Å²) >= 11 is 0. The smallest absolute Gasteiger partial charge is 0.136 e. The number of quaternary nitrogens is 1. The van der Waals surface area contributed by atoms with Gasteiger partial charge in [-0.15, -0.1) is 0 Å². The van der Waals surface area contributed by atoms with Crippen LogP contribution in [-0.4, -0.2) is 25.6 Å². The molecule has 0 unspecified atom stereocenters. The van der Waals surface area contributed by atoms with Crippen LogP contribution in [0.2, 0.25) is 0 Å². The van der Waals surface area contributed by atoms with Gasteiger partial charge in [-0.3, -0.25) is 4.48 Å². The average molecular weight is 189 g/mol. The number of hydrogen-bond acceptors (Lipinski definition) is 1. The molecule has 0 aliphatic heterocycles. The molecule has 0 saturated heterocycles. The highest BCUT2D eigenvalue weighted by Gasteiger charge is 2.25. The van der Waals surface area contributed by atoms with Crippen molar-refractivity contribution >= 4 is 11.4 Å². The van der Waals surface area contributed by atoms with E-state index in [1.54, 1.807) is 0 Å². The Hall–Kier alpha value is -1.28. The van der Waals surface area contributed by atoms with Gasteiger partial charge in [0.1, 0.15) is 5.70 Å². The van der Waals surface area contributed by atoms with Crippen molar-refractivity contribution < 1.29 is 4.48 Å². The number of nitrogen functional groups attached to an aromatic ring is 1. The topological polar surface area (TPSA) is 26.0 Å². The second-order valence-electron chi connectivity index (χ2n) is 4.72. The number of hydrogen-bond donors (Lipinski definition) is 1. The van der Waals surface area contributed by atoms with E-state index in [2.05, 4.69) is 39.4 Å². The lowest BCUT2D eigenvalue weighted by molar-refractivity contribution is -0.796. The third kappa shape index (κ3) is 1.42. The Labute approximate surface area is 85.2 Å². The van der Waals surface area contributed by atoms with Crippen LogP contribution in [0, 0.1) is 0 Å². The van der Waals surface area contributed by atoms with Crippen molar-refractivity contribution in [1.29, 1.82) is 0 Å². The molecule has 0 radical (unpaired) electrons.